The molecule has 0 fully saturated rings. The van der Waals surface area contributed by atoms with E-state index in [-0.39, 0.29) is 0 Å². The van der Waals surface area contributed by atoms with E-state index in [1.54, 1.807) is 0 Å². The zero-order valence-corrected chi connectivity index (χ0v) is 11.0. The summed E-state index contributed by atoms with van der Waals surface area (Å²) < 4.78 is 0. The van der Waals surface area contributed by atoms with Crippen LogP contribution in [0.5, 0.6) is 0 Å². The van der Waals surface area contributed by atoms with Crippen molar-refractivity contribution >= 4 is 11.3 Å². The molecule has 0 bridgehead atoms. The summed E-state index contributed by atoms with van der Waals surface area (Å²) in [6.45, 7) is 10.0. The van der Waals surface area contributed by atoms with Crippen molar-refractivity contribution in [3.05, 3.63) is 47.7 Å². The predicted octanol–water partition coefficient (Wildman–Crippen LogP) is 5.09. The lowest BCUT2D eigenvalue weighted by molar-refractivity contribution is 0.326. The van der Waals surface area contributed by atoms with Crippen LogP contribution in [0.25, 0.3) is 0 Å². The van der Waals surface area contributed by atoms with E-state index in [4.69, 9.17) is 0 Å². The van der Waals surface area contributed by atoms with E-state index >= 15 is 0 Å². The minimum atomic E-state index is 0.710. The van der Waals surface area contributed by atoms with Crippen molar-refractivity contribution in [3.63, 3.8) is 0 Å². The van der Waals surface area contributed by atoms with Gasteiger partial charge in [-0.3, -0.25) is 0 Å². The van der Waals surface area contributed by atoms with E-state index in [9.17, 15) is 0 Å². The van der Waals surface area contributed by atoms with Gasteiger partial charge in [-0.25, -0.2) is 0 Å². The third-order valence-corrected chi connectivity index (χ3v) is 4.07. The minimum Gasteiger partial charge on any atom is -0.149 e. The minimum absolute atomic E-state index is 0.710. The summed E-state index contributed by atoms with van der Waals surface area (Å²) in [5, 5.41) is 2.16. The summed E-state index contributed by atoms with van der Waals surface area (Å²) in [7, 11) is 0. The fourth-order valence-electron chi connectivity index (χ4n) is 2.24. The zero-order chi connectivity index (χ0) is 11.8. The van der Waals surface area contributed by atoms with Crippen LogP contribution in [0.3, 0.4) is 0 Å². The first-order valence-electron chi connectivity index (χ1n) is 6.06. The lowest BCUT2D eigenvalue weighted by atomic mass is 9.82. The summed E-state index contributed by atoms with van der Waals surface area (Å²) >= 11 is 1.87. The van der Waals surface area contributed by atoms with E-state index in [0.717, 1.165) is 18.8 Å². The Morgan fingerprint density at radius 2 is 1.94 bits per heavy atom. The Morgan fingerprint density at radius 3 is 2.38 bits per heavy atom. The first kappa shape index (κ1) is 13.2. The molecule has 1 heteroatoms. The highest BCUT2D eigenvalue weighted by Crippen LogP contribution is 2.28. The quantitative estimate of drug-likeness (QED) is 0.550. The van der Waals surface area contributed by atoms with Gasteiger partial charge in [-0.1, -0.05) is 31.6 Å². The van der Waals surface area contributed by atoms with Crippen molar-refractivity contribution in [1.82, 2.24) is 0 Å². The van der Waals surface area contributed by atoms with Crippen LogP contribution in [0.2, 0.25) is 0 Å². The Hall–Kier alpha value is -0.820. The highest BCUT2D eigenvalue weighted by Gasteiger charge is 2.18. The molecule has 1 atom stereocenters. The molecular formula is C15H22S. The molecule has 0 saturated carbocycles. The first-order valence-corrected chi connectivity index (χ1v) is 6.93. The highest BCUT2D eigenvalue weighted by atomic mass is 32.1. The van der Waals surface area contributed by atoms with Gasteiger partial charge in [0, 0.05) is 4.88 Å². The molecule has 0 amide bonds. The second-order valence-electron chi connectivity index (χ2n) is 4.26. The predicted molar refractivity (Wildman–Crippen MR) is 74.9 cm³/mol. The average Bonchev–Trinajstić information content (AvgIpc) is 2.78. The Morgan fingerprint density at radius 1 is 1.25 bits per heavy atom. The Labute approximate surface area is 104 Å². The maximum Gasteiger partial charge on any atom is 0.00480 e. The third-order valence-electron chi connectivity index (χ3n) is 3.17. The van der Waals surface area contributed by atoms with Gasteiger partial charge in [0.25, 0.3) is 0 Å². The van der Waals surface area contributed by atoms with Gasteiger partial charge in [0.2, 0.25) is 0 Å². The van der Waals surface area contributed by atoms with Crippen molar-refractivity contribution in [3.8, 4) is 0 Å². The smallest absolute Gasteiger partial charge is 0.00480 e. The SMILES string of the molecule is C=CCC(CC=C)C(CC)Cc1cccs1. The van der Waals surface area contributed by atoms with E-state index in [2.05, 4.69) is 37.6 Å². The Kier molecular flexibility index (Phi) is 6.17. The molecule has 16 heavy (non-hydrogen) atoms. The maximum absolute atomic E-state index is 3.86. The lowest BCUT2D eigenvalue weighted by Gasteiger charge is -2.23. The maximum atomic E-state index is 3.86. The molecule has 0 aliphatic heterocycles. The van der Waals surface area contributed by atoms with Gasteiger partial charge < -0.3 is 0 Å². The molecule has 1 unspecified atom stereocenters. The van der Waals surface area contributed by atoms with Crippen LogP contribution in [-0.2, 0) is 6.42 Å². The molecular weight excluding hydrogens is 212 g/mol. The summed E-state index contributed by atoms with van der Waals surface area (Å²) in [5.41, 5.74) is 0. The van der Waals surface area contributed by atoms with Gasteiger partial charge in [-0.05, 0) is 42.5 Å². The standard InChI is InChI=1S/C15H22S/c1-4-8-14(9-5-2)13(6-3)12-15-10-7-11-16-15/h4-5,7,10-11,13-14H,1-2,6,8-9,12H2,3H3. The van der Waals surface area contributed by atoms with E-state index in [0.29, 0.717) is 5.92 Å². The molecule has 0 aliphatic rings. The van der Waals surface area contributed by atoms with E-state index in [1.807, 2.05) is 23.5 Å². The lowest BCUT2D eigenvalue weighted by Crippen LogP contribution is -2.15. The van der Waals surface area contributed by atoms with E-state index < -0.39 is 0 Å². The largest absolute Gasteiger partial charge is 0.149 e. The molecule has 0 radical (unpaired) electrons. The van der Waals surface area contributed by atoms with Gasteiger partial charge in [-0.2, -0.15) is 0 Å². The molecule has 1 aromatic rings. The summed E-state index contributed by atoms with van der Waals surface area (Å²) in [6, 6.07) is 4.38. The second-order valence-corrected chi connectivity index (χ2v) is 5.29. The summed E-state index contributed by atoms with van der Waals surface area (Å²) in [6.07, 6.45) is 8.76. The fourth-order valence-corrected chi connectivity index (χ4v) is 3.04. The van der Waals surface area contributed by atoms with Crippen LogP contribution < -0.4 is 0 Å². The van der Waals surface area contributed by atoms with Gasteiger partial charge in [-0.15, -0.1) is 24.5 Å². The van der Waals surface area contributed by atoms with Crippen LogP contribution in [0, 0.1) is 11.8 Å². The fraction of sp³-hybridized carbons (Fsp3) is 0.467. The molecule has 0 spiro atoms. The first-order chi connectivity index (χ1) is 7.81. The molecule has 1 aromatic heterocycles. The Balaban J connectivity index is 2.61. The van der Waals surface area contributed by atoms with E-state index in [1.165, 1.54) is 17.7 Å². The van der Waals surface area contributed by atoms with Crippen LogP contribution in [0.15, 0.2) is 42.8 Å². The molecule has 0 N–H and O–H groups in total. The van der Waals surface area contributed by atoms with Crippen LogP contribution in [-0.4, -0.2) is 0 Å². The topological polar surface area (TPSA) is 0 Å². The van der Waals surface area contributed by atoms with Gasteiger partial charge >= 0.3 is 0 Å². The average molecular weight is 234 g/mol. The van der Waals surface area contributed by atoms with Crippen LogP contribution >= 0.6 is 11.3 Å². The molecule has 0 aliphatic carbocycles. The summed E-state index contributed by atoms with van der Waals surface area (Å²) in [5.74, 6) is 1.47. The number of allylic oxidation sites excluding steroid dienone is 2. The number of rotatable bonds is 8. The number of hydrogen-bond donors (Lipinski definition) is 0. The summed E-state index contributed by atoms with van der Waals surface area (Å²) in [4.78, 5) is 1.50. The van der Waals surface area contributed by atoms with Crippen LogP contribution in [0.4, 0.5) is 0 Å². The van der Waals surface area contributed by atoms with Crippen molar-refractivity contribution in [1.29, 1.82) is 0 Å². The van der Waals surface area contributed by atoms with Crippen LogP contribution in [0.1, 0.15) is 31.1 Å². The monoisotopic (exact) mass is 234 g/mol. The highest BCUT2D eigenvalue weighted by molar-refractivity contribution is 7.09. The van der Waals surface area contributed by atoms with Gasteiger partial charge in [0.05, 0.1) is 0 Å². The molecule has 0 nitrogen and oxygen atoms in total. The number of hydrogen-bond acceptors (Lipinski definition) is 1. The third kappa shape index (κ3) is 3.97. The second kappa shape index (κ2) is 7.45. The number of thiophene rings is 1. The molecule has 1 rings (SSSR count). The molecule has 1 heterocycles. The van der Waals surface area contributed by atoms with Crippen molar-refractivity contribution in [2.75, 3.05) is 0 Å². The van der Waals surface area contributed by atoms with Crippen molar-refractivity contribution in [2.24, 2.45) is 11.8 Å². The normalized spacial score (nSPS) is 12.6. The van der Waals surface area contributed by atoms with Gasteiger partial charge in [0.1, 0.15) is 0 Å². The van der Waals surface area contributed by atoms with Crippen molar-refractivity contribution in [2.45, 2.75) is 32.6 Å². The molecule has 0 saturated heterocycles. The van der Waals surface area contributed by atoms with Crippen molar-refractivity contribution < 1.29 is 0 Å². The molecule has 88 valence electrons. The van der Waals surface area contributed by atoms with Gasteiger partial charge in [0.15, 0.2) is 0 Å². The zero-order valence-electron chi connectivity index (χ0n) is 10.2. The molecule has 0 aromatic carbocycles. The Bertz CT molecular complexity index is 287.